The summed E-state index contributed by atoms with van der Waals surface area (Å²) in [6.07, 6.45) is 3.41. The van der Waals surface area contributed by atoms with E-state index in [4.69, 9.17) is 21.3 Å². The number of aromatic nitrogens is 3. The van der Waals surface area contributed by atoms with Crippen molar-refractivity contribution in [3.63, 3.8) is 0 Å². The Morgan fingerprint density at radius 2 is 2.07 bits per heavy atom. The third kappa shape index (κ3) is 3.53. The predicted octanol–water partition coefficient (Wildman–Crippen LogP) is 5.03. The number of aryl methyl sites for hydroxylation is 1. The van der Waals surface area contributed by atoms with Crippen molar-refractivity contribution in [1.82, 2.24) is 15.0 Å². The number of hydrogen-bond acceptors (Lipinski definition) is 6. The standard InChI is InChI=1S/C22H19ClN4O2S/c1-13-8-9-15(23)20-19(13)26-22(30-20)27(12-14-5-4-10-29-14)21(28)18-11-24-16-6-2-3-7-17(16)25-18/h2-3,6-9,11,14H,4-5,10,12H2,1H3. The van der Waals surface area contributed by atoms with Crippen LogP contribution in [-0.4, -0.2) is 40.1 Å². The summed E-state index contributed by atoms with van der Waals surface area (Å²) in [5.41, 5.74) is 3.56. The van der Waals surface area contributed by atoms with E-state index in [0.29, 0.717) is 28.8 Å². The molecule has 3 heterocycles. The summed E-state index contributed by atoms with van der Waals surface area (Å²) in [5, 5.41) is 1.23. The van der Waals surface area contributed by atoms with E-state index in [1.165, 1.54) is 17.5 Å². The number of anilines is 1. The smallest absolute Gasteiger partial charge is 0.280 e. The van der Waals surface area contributed by atoms with Crippen LogP contribution in [0, 0.1) is 6.92 Å². The molecule has 1 aliphatic heterocycles. The largest absolute Gasteiger partial charge is 0.376 e. The van der Waals surface area contributed by atoms with Crippen LogP contribution < -0.4 is 4.90 Å². The third-order valence-corrected chi connectivity index (χ3v) is 6.78. The first-order chi connectivity index (χ1) is 14.6. The van der Waals surface area contributed by atoms with Gasteiger partial charge < -0.3 is 4.74 Å². The molecule has 2 aromatic carbocycles. The molecule has 152 valence electrons. The van der Waals surface area contributed by atoms with E-state index in [2.05, 4.69) is 9.97 Å². The van der Waals surface area contributed by atoms with Crippen LogP contribution in [0.5, 0.6) is 0 Å². The van der Waals surface area contributed by atoms with Gasteiger partial charge >= 0.3 is 0 Å². The zero-order valence-electron chi connectivity index (χ0n) is 16.3. The summed E-state index contributed by atoms with van der Waals surface area (Å²) in [5.74, 6) is -0.239. The van der Waals surface area contributed by atoms with E-state index >= 15 is 0 Å². The molecule has 8 heteroatoms. The minimum atomic E-state index is -0.239. The van der Waals surface area contributed by atoms with Crippen molar-refractivity contribution < 1.29 is 9.53 Å². The molecule has 1 unspecified atom stereocenters. The molecule has 0 spiro atoms. The second-order valence-corrected chi connectivity index (χ2v) is 8.72. The number of fused-ring (bicyclic) bond motifs is 2. The Morgan fingerprint density at radius 1 is 1.23 bits per heavy atom. The van der Waals surface area contributed by atoms with Gasteiger partial charge in [-0.2, -0.15) is 0 Å². The monoisotopic (exact) mass is 438 g/mol. The van der Waals surface area contributed by atoms with Gasteiger partial charge in [-0.15, -0.1) is 0 Å². The van der Waals surface area contributed by atoms with Crippen molar-refractivity contribution in [2.24, 2.45) is 0 Å². The third-order valence-electron chi connectivity index (χ3n) is 5.24. The molecule has 1 amide bonds. The van der Waals surface area contributed by atoms with Crippen LogP contribution in [0.15, 0.2) is 42.6 Å². The first-order valence-electron chi connectivity index (χ1n) is 9.81. The summed E-state index contributed by atoms with van der Waals surface area (Å²) in [6, 6.07) is 11.3. The zero-order valence-corrected chi connectivity index (χ0v) is 17.9. The van der Waals surface area contributed by atoms with Gasteiger partial charge in [0.05, 0.1) is 45.1 Å². The first-order valence-corrected chi connectivity index (χ1v) is 11.0. The number of nitrogens with zero attached hydrogens (tertiary/aromatic N) is 4. The maximum atomic E-state index is 13.5. The number of thiazole rings is 1. The number of carbonyl (C=O) groups excluding carboxylic acids is 1. The van der Waals surface area contributed by atoms with Gasteiger partial charge in [-0.05, 0) is 43.5 Å². The van der Waals surface area contributed by atoms with Gasteiger partial charge in [-0.25, -0.2) is 9.97 Å². The molecule has 30 heavy (non-hydrogen) atoms. The Labute approximate surface area is 182 Å². The van der Waals surface area contributed by atoms with E-state index in [-0.39, 0.29) is 17.7 Å². The van der Waals surface area contributed by atoms with Gasteiger partial charge in [-0.3, -0.25) is 14.7 Å². The molecule has 1 atom stereocenters. The topological polar surface area (TPSA) is 68.2 Å². The predicted molar refractivity (Wildman–Crippen MR) is 120 cm³/mol. The van der Waals surface area contributed by atoms with E-state index in [9.17, 15) is 4.79 Å². The van der Waals surface area contributed by atoms with E-state index in [1.54, 1.807) is 4.90 Å². The molecule has 0 radical (unpaired) electrons. The van der Waals surface area contributed by atoms with Crippen LogP contribution in [0.1, 0.15) is 28.9 Å². The number of para-hydroxylation sites is 2. The number of rotatable bonds is 4. The lowest BCUT2D eigenvalue weighted by molar-refractivity contribution is 0.0913. The molecular weight excluding hydrogens is 420 g/mol. The van der Waals surface area contributed by atoms with E-state index in [1.807, 2.05) is 43.3 Å². The van der Waals surface area contributed by atoms with Crippen LogP contribution in [0.4, 0.5) is 5.13 Å². The summed E-state index contributed by atoms with van der Waals surface area (Å²) >= 11 is 7.81. The summed E-state index contributed by atoms with van der Waals surface area (Å²) in [7, 11) is 0. The molecule has 1 fully saturated rings. The van der Waals surface area contributed by atoms with E-state index < -0.39 is 0 Å². The molecular formula is C22H19ClN4O2S. The van der Waals surface area contributed by atoms with Gasteiger partial charge in [0.2, 0.25) is 0 Å². The SMILES string of the molecule is Cc1ccc(Cl)c2sc(N(CC3CCCO3)C(=O)c3cnc4ccccc4n3)nc12. The van der Waals surface area contributed by atoms with E-state index in [0.717, 1.165) is 34.1 Å². The van der Waals surface area contributed by atoms with Gasteiger partial charge in [0.1, 0.15) is 5.69 Å². The first kappa shape index (κ1) is 19.4. The van der Waals surface area contributed by atoms with Crippen LogP contribution >= 0.6 is 22.9 Å². The second-order valence-electron chi connectivity index (χ2n) is 7.33. The normalized spacial score (nSPS) is 16.4. The van der Waals surface area contributed by atoms with Crippen molar-refractivity contribution >= 4 is 55.2 Å². The Morgan fingerprint density at radius 3 is 2.83 bits per heavy atom. The molecule has 0 N–H and O–H groups in total. The average Bonchev–Trinajstić information content (AvgIpc) is 3.44. The maximum absolute atomic E-state index is 13.5. The van der Waals surface area contributed by atoms with Crippen LogP contribution in [0.2, 0.25) is 5.02 Å². The molecule has 4 aromatic rings. The minimum Gasteiger partial charge on any atom is -0.376 e. The highest BCUT2D eigenvalue weighted by Gasteiger charge is 2.28. The highest BCUT2D eigenvalue weighted by Crippen LogP contribution is 2.36. The molecule has 5 rings (SSSR count). The van der Waals surface area contributed by atoms with Crippen LogP contribution in [0.3, 0.4) is 0 Å². The van der Waals surface area contributed by atoms with Crippen molar-refractivity contribution in [2.75, 3.05) is 18.1 Å². The highest BCUT2D eigenvalue weighted by molar-refractivity contribution is 7.23. The number of carbonyl (C=O) groups is 1. The molecule has 1 saturated heterocycles. The molecule has 0 bridgehead atoms. The van der Waals surface area contributed by atoms with Gasteiger partial charge in [0.25, 0.3) is 5.91 Å². The highest BCUT2D eigenvalue weighted by atomic mass is 35.5. The molecule has 6 nitrogen and oxygen atoms in total. The Hall–Kier alpha value is -2.61. The molecule has 0 aliphatic carbocycles. The molecule has 1 aliphatic rings. The molecule has 2 aromatic heterocycles. The number of ether oxygens (including phenoxy) is 1. The maximum Gasteiger partial charge on any atom is 0.280 e. The second kappa shape index (κ2) is 7.91. The Kier molecular flexibility index (Phi) is 5.10. The lowest BCUT2D eigenvalue weighted by Crippen LogP contribution is -2.38. The fourth-order valence-corrected chi connectivity index (χ4v) is 4.97. The zero-order chi connectivity index (χ0) is 20.7. The quantitative estimate of drug-likeness (QED) is 0.447. The van der Waals surface area contributed by atoms with Crippen molar-refractivity contribution in [1.29, 1.82) is 0 Å². The average molecular weight is 439 g/mol. The van der Waals surface area contributed by atoms with Crippen LogP contribution in [0.25, 0.3) is 21.3 Å². The number of amides is 1. The Bertz CT molecular complexity index is 1210. The lowest BCUT2D eigenvalue weighted by Gasteiger charge is -2.22. The number of benzene rings is 2. The Balaban J connectivity index is 1.58. The van der Waals surface area contributed by atoms with Crippen molar-refractivity contribution in [3.8, 4) is 0 Å². The fraction of sp³-hybridized carbons (Fsp3) is 0.273. The fourth-order valence-electron chi connectivity index (χ4n) is 3.64. The lowest BCUT2D eigenvalue weighted by atomic mass is 10.2. The summed E-state index contributed by atoms with van der Waals surface area (Å²) < 4.78 is 6.68. The minimum absolute atomic E-state index is 0.0223. The van der Waals surface area contributed by atoms with Crippen molar-refractivity contribution in [2.45, 2.75) is 25.9 Å². The van der Waals surface area contributed by atoms with Gasteiger partial charge in [-0.1, -0.05) is 41.1 Å². The number of hydrogen-bond donors (Lipinski definition) is 0. The summed E-state index contributed by atoms with van der Waals surface area (Å²) in [6.45, 7) is 3.13. The van der Waals surface area contributed by atoms with Crippen LogP contribution in [-0.2, 0) is 4.74 Å². The van der Waals surface area contributed by atoms with Crippen molar-refractivity contribution in [3.05, 3.63) is 58.9 Å². The number of halogens is 1. The van der Waals surface area contributed by atoms with Gasteiger partial charge in [0, 0.05) is 6.61 Å². The molecule has 0 saturated carbocycles. The summed E-state index contributed by atoms with van der Waals surface area (Å²) in [4.78, 5) is 28.9. The van der Waals surface area contributed by atoms with Gasteiger partial charge in [0.15, 0.2) is 5.13 Å².